The zero-order valence-electron chi connectivity index (χ0n) is 13.3. The molecule has 22 heavy (non-hydrogen) atoms. The van der Waals surface area contributed by atoms with Crippen LogP contribution in [0.3, 0.4) is 0 Å². The Kier molecular flexibility index (Phi) is 4.47. The first kappa shape index (κ1) is 15.5. The molecule has 1 atom stereocenters. The molecular weight excluding hydrogens is 281 g/mol. The molecule has 2 N–H and O–H groups in total. The van der Waals surface area contributed by atoms with Crippen LogP contribution in [0.4, 0.5) is 4.39 Å². The molecule has 2 aromatic rings. The molecule has 0 spiro atoms. The molecule has 1 aliphatic heterocycles. The number of nitrogens with zero attached hydrogens (tertiary/aromatic N) is 2. The van der Waals surface area contributed by atoms with Crippen LogP contribution in [0.25, 0.3) is 10.9 Å². The van der Waals surface area contributed by atoms with E-state index in [9.17, 15) is 9.50 Å². The number of benzene rings is 1. The van der Waals surface area contributed by atoms with Gasteiger partial charge in [0.1, 0.15) is 5.82 Å². The van der Waals surface area contributed by atoms with Gasteiger partial charge in [0.2, 0.25) is 0 Å². The minimum atomic E-state index is -0.353. The predicted molar refractivity (Wildman–Crippen MR) is 86.4 cm³/mol. The van der Waals surface area contributed by atoms with Gasteiger partial charge in [0.05, 0.1) is 6.10 Å². The lowest BCUT2D eigenvalue weighted by Gasteiger charge is -2.30. The van der Waals surface area contributed by atoms with E-state index in [1.54, 1.807) is 12.1 Å². The highest BCUT2D eigenvalue weighted by Gasteiger charge is 2.22. The summed E-state index contributed by atoms with van der Waals surface area (Å²) in [6, 6.07) is 4.90. The maximum absolute atomic E-state index is 13.5. The van der Waals surface area contributed by atoms with Gasteiger partial charge in [0, 0.05) is 49.2 Å². The second kappa shape index (κ2) is 6.36. The van der Waals surface area contributed by atoms with Gasteiger partial charge >= 0.3 is 0 Å². The minimum Gasteiger partial charge on any atom is -0.390 e. The Hall–Kier alpha value is -1.43. The van der Waals surface area contributed by atoms with E-state index in [4.69, 9.17) is 0 Å². The number of halogens is 1. The van der Waals surface area contributed by atoms with E-state index in [0.29, 0.717) is 13.1 Å². The molecule has 1 aliphatic rings. The smallest absolute Gasteiger partial charge is 0.123 e. The summed E-state index contributed by atoms with van der Waals surface area (Å²) >= 11 is 0. The van der Waals surface area contributed by atoms with E-state index in [1.807, 2.05) is 7.05 Å². The number of aromatic amines is 1. The molecule has 0 fully saturated rings. The van der Waals surface area contributed by atoms with Crippen LogP contribution in [-0.4, -0.2) is 59.2 Å². The third-order valence-corrected chi connectivity index (χ3v) is 4.55. The van der Waals surface area contributed by atoms with Crippen molar-refractivity contribution in [3.63, 3.8) is 0 Å². The van der Waals surface area contributed by atoms with Gasteiger partial charge in [-0.05, 0) is 37.4 Å². The maximum Gasteiger partial charge on any atom is 0.123 e. The zero-order valence-corrected chi connectivity index (χ0v) is 13.3. The number of hydrogen-bond donors (Lipinski definition) is 2. The van der Waals surface area contributed by atoms with Crippen molar-refractivity contribution in [2.75, 3.05) is 33.2 Å². The second-order valence-electron chi connectivity index (χ2n) is 6.27. The van der Waals surface area contributed by atoms with Gasteiger partial charge in [-0.2, -0.15) is 0 Å². The number of nitrogens with one attached hydrogen (secondary N) is 1. The summed E-state index contributed by atoms with van der Waals surface area (Å²) in [6.07, 6.45) is 0.565. The molecule has 1 aromatic heterocycles. The predicted octanol–water partition coefficient (Wildman–Crippen LogP) is 1.98. The lowest BCUT2D eigenvalue weighted by atomic mass is 10.0. The molecule has 0 amide bonds. The molecule has 0 saturated heterocycles. The number of aliphatic hydroxyl groups excluding tert-OH is 1. The molecule has 4 nitrogen and oxygen atoms in total. The van der Waals surface area contributed by atoms with Crippen LogP contribution >= 0.6 is 0 Å². The molecule has 0 aliphatic carbocycles. The Bertz CT molecular complexity index is 655. The first-order chi connectivity index (χ1) is 10.6. The number of rotatable bonds is 5. The highest BCUT2D eigenvalue weighted by Crippen LogP contribution is 2.28. The van der Waals surface area contributed by atoms with E-state index in [1.165, 1.54) is 17.3 Å². The van der Waals surface area contributed by atoms with Gasteiger partial charge < -0.3 is 15.0 Å². The fraction of sp³-hybridized carbons (Fsp3) is 0.529. The lowest BCUT2D eigenvalue weighted by Crippen LogP contribution is -2.41. The van der Waals surface area contributed by atoms with Crippen molar-refractivity contribution in [1.29, 1.82) is 0 Å². The van der Waals surface area contributed by atoms with Gasteiger partial charge in [-0.15, -0.1) is 0 Å². The molecule has 3 rings (SSSR count). The van der Waals surface area contributed by atoms with Crippen molar-refractivity contribution in [3.8, 4) is 0 Å². The highest BCUT2D eigenvalue weighted by molar-refractivity contribution is 5.84. The van der Waals surface area contributed by atoms with Crippen molar-refractivity contribution in [2.45, 2.75) is 26.0 Å². The summed E-state index contributed by atoms with van der Waals surface area (Å²) in [5.41, 5.74) is 3.38. The quantitative estimate of drug-likeness (QED) is 0.887. The summed E-state index contributed by atoms with van der Waals surface area (Å²) in [6.45, 7) is 6.05. The SMILES string of the molecule is CCN(C)C[C@H](O)CN1CCc2[nH]c3ccc(F)cc3c2C1. The first-order valence-electron chi connectivity index (χ1n) is 7.94. The van der Waals surface area contributed by atoms with E-state index in [-0.39, 0.29) is 11.9 Å². The van der Waals surface area contributed by atoms with E-state index in [2.05, 4.69) is 21.7 Å². The Labute approximate surface area is 130 Å². The fourth-order valence-corrected chi connectivity index (χ4v) is 3.24. The van der Waals surface area contributed by atoms with Gasteiger partial charge in [-0.3, -0.25) is 4.90 Å². The topological polar surface area (TPSA) is 42.5 Å². The van der Waals surface area contributed by atoms with Crippen LogP contribution in [0.15, 0.2) is 18.2 Å². The first-order valence-corrected chi connectivity index (χ1v) is 7.94. The number of β-amino-alcohol motifs (C(OH)–C–C–N with tert-alkyl or cyclic N) is 1. The van der Waals surface area contributed by atoms with E-state index < -0.39 is 0 Å². The number of aliphatic hydroxyl groups is 1. The molecule has 0 saturated carbocycles. The van der Waals surface area contributed by atoms with Crippen LogP contribution < -0.4 is 0 Å². The van der Waals surface area contributed by atoms with E-state index in [0.717, 1.165) is 37.0 Å². The highest BCUT2D eigenvalue weighted by atomic mass is 19.1. The van der Waals surface area contributed by atoms with Crippen LogP contribution in [0.2, 0.25) is 0 Å². The third-order valence-electron chi connectivity index (χ3n) is 4.55. The molecule has 0 bridgehead atoms. The lowest BCUT2D eigenvalue weighted by molar-refractivity contribution is 0.0783. The molecule has 0 radical (unpaired) electrons. The average molecular weight is 305 g/mol. The molecule has 120 valence electrons. The molecule has 0 unspecified atom stereocenters. The Morgan fingerprint density at radius 1 is 1.45 bits per heavy atom. The van der Waals surface area contributed by atoms with Crippen molar-refractivity contribution in [3.05, 3.63) is 35.3 Å². The van der Waals surface area contributed by atoms with Gasteiger partial charge in [0.25, 0.3) is 0 Å². The maximum atomic E-state index is 13.5. The van der Waals surface area contributed by atoms with Crippen molar-refractivity contribution < 1.29 is 9.50 Å². The van der Waals surface area contributed by atoms with Crippen LogP contribution in [0.1, 0.15) is 18.2 Å². The zero-order chi connectivity index (χ0) is 15.7. The number of aromatic nitrogens is 1. The number of likely N-dealkylation sites (N-methyl/N-ethyl adjacent to an activating group) is 1. The molecular formula is C17H24FN3O. The number of fused-ring (bicyclic) bond motifs is 3. The standard InChI is InChI=1S/C17H24FN3O/c1-3-20(2)9-13(22)10-21-7-6-17-15(11-21)14-8-12(18)4-5-16(14)19-17/h4-5,8,13,19,22H,3,6-7,9-11H2,1-2H3/t13-/m0/s1. The van der Waals surface area contributed by atoms with Crippen molar-refractivity contribution >= 4 is 10.9 Å². The van der Waals surface area contributed by atoms with E-state index >= 15 is 0 Å². The Morgan fingerprint density at radius 2 is 2.27 bits per heavy atom. The molecule has 2 heterocycles. The monoisotopic (exact) mass is 305 g/mol. The second-order valence-corrected chi connectivity index (χ2v) is 6.27. The summed E-state index contributed by atoms with van der Waals surface area (Å²) < 4.78 is 13.5. The summed E-state index contributed by atoms with van der Waals surface area (Å²) in [4.78, 5) is 7.77. The Balaban J connectivity index is 1.73. The van der Waals surface area contributed by atoms with Gasteiger partial charge in [0.15, 0.2) is 0 Å². The van der Waals surface area contributed by atoms with Crippen molar-refractivity contribution in [2.24, 2.45) is 0 Å². The normalized spacial score (nSPS) is 17.1. The largest absolute Gasteiger partial charge is 0.390 e. The number of hydrogen-bond acceptors (Lipinski definition) is 3. The minimum absolute atomic E-state index is 0.198. The van der Waals surface area contributed by atoms with Crippen LogP contribution in [0, 0.1) is 5.82 Å². The van der Waals surface area contributed by atoms with Crippen LogP contribution in [-0.2, 0) is 13.0 Å². The number of H-pyrrole nitrogens is 1. The van der Waals surface area contributed by atoms with Gasteiger partial charge in [-0.25, -0.2) is 4.39 Å². The summed E-state index contributed by atoms with van der Waals surface area (Å²) in [7, 11) is 2.01. The average Bonchev–Trinajstić information content (AvgIpc) is 2.84. The fourth-order valence-electron chi connectivity index (χ4n) is 3.24. The van der Waals surface area contributed by atoms with Crippen molar-refractivity contribution in [1.82, 2.24) is 14.8 Å². The Morgan fingerprint density at radius 3 is 3.05 bits per heavy atom. The summed E-state index contributed by atoms with van der Waals surface area (Å²) in [5, 5.41) is 11.2. The molecule has 5 heteroatoms. The molecule has 1 aromatic carbocycles. The van der Waals surface area contributed by atoms with Gasteiger partial charge in [-0.1, -0.05) is 6.92 Å². The summed E-state index contributed by atoms with van der Waals surface area (Å²) in [5.74, 6) is -0.198. The third kappa shape index (κ3) is 3.16. The van der Waals surface area contributed by atoms with Crippen LogP contribution in [0.5, 0.6) is 0 Å².